The highest BCUT2D eigenvalue weighted by Gasteiger charge is 2.35. The Morgan fingerprint density at radius 1 is 0.875 bits per heavy atom. The van der Waals surface area contributed by atoms with Gasteiger partial charge in [-0.25, -0.2) is 0 Å². The number of halogens is 1. The third-order valence-electron chi connectivity index (χ3n) is 6.46. The zero-order chi connectivity index (χ0) is 22.3. The summed E-state index contributed by atoms with van der Waals surface area (Å²) in [6.45, 7) is 2.86. The van der Waals surface area contributed by atoms with Crippen molar-refractivity contribution in [1.29, 1.82) is 0 Å². The van der Waals surface area contributed by atoms with Crippen molar-refractivity contribution in [1.82, 2.24) is 9.80 Å². The lowest BCUT2D eigenvalue weighted by Gasteiger charge is -2.39. The largest absolute Gasteiger partial charge is 0.490 e. The van der Waals surface area contributed by atoms with Crippen molar-refractivity contribution < 1.29 is 14.3 Å². The van der Waals surface area contributed by atoms with Crippen LogP contribution in [-0.4, -0.2) is 53.9 Å². The van der Waals surface area contributed by atoms with E-state index in [0.717, 1.165) is 37.2 Å². The Morgan fingerprint density at radius 2 is 1.59 bits per heavy atom. The molecule has 2 saturated heterocycles. The van der Waals surface area contributed by atoms with Crippen LogP contribution in [0, 0.1) is 5.92 Å². The number of nitrogens with zero attached hydrogens (tertiary/aromatic N) is 2. The molecule has 2 aliphatic heterocycles. The van der Waals surface area contributed by atoms with Crippen LogP contribution < -0.4 is 4.74 Å². The summed E-state index contributed by atoms with van der Waals surface area (Å²) in [5, 5.41) is 0.663. The van der Waals surface area contributed by atoms with Crippen LogP contribution in [0.1, 0.15) is 37.7 Å². The summed E-state index contributed by atoms with van der Waals surface area (Å²) < 4.78 is 6.29. The van der Waals surface area contributed by atoms with E-state index in [1.165, 1.54) is 6.42 Å². The number of carbonyl (C=O) groups excluding carboxylic acids is 2. The van der Waals surface area contributed by atoms with Gasteiger partial charge in [-0.1, -0.05) is 41.9 Å². The first-order valence-electron chi connectivity index (χ1n) is 11.6. The standard InChI is InChI=1S/C26H31ClN2O3/c27-22-9-11-23(12-10-22)32-24-13-16-29(25(30)17-20-7-3-1-4-8-20)19-21(24)18-26(31)28-14-5-2-6-15-28/h1,3-4,7-12,21,24H,2,5-6,13-19H2/t21-,24-/m0/s1. The zero-order valence-electron chi connectivity index (χ0n) is 18.4. The Kier molecular flexibility index (Phi) is 7.69. The topological polar surface area (TPSA) is 49.9 Å². The number of piperidine rings is 2. The second-order valence-electron chi connectivity index (χ2n) is 8.81. The number of benzene rings is 2. The zero-order valence-corrected chi connectivity index (χ0v) is 19.2. The van der Waals surface area contributed by atoms with Gasteiger partial charge in [0.1, 0.15) is 11.9 Å². The third-order valence-corrected chi connectivity index (χ3v) is 6.71. The molecule has 0 saturated carbocycles. The highest BCUT2D eigenvalue weighted by atomic mass is 35.5. The molecular weight excluding hydrogens is 424 g/mol. The normalized spacial score (nSPS) is 21.3. The second kappa shape index (κ2) is 10.9. The van der Waals surface area contributed by atoms with Gasteiger partial charge < -0.3 is 14.5 Å². The smallest absolute Gasteiger partial charge is 0.227 e. The Labute approximate surface area is 195 Å². The maximum atomic E-state index is 13.0. The lowest BCUT2D eigenvalue weighted by atomic mass is 9.90. The molecule has 0 aromatic heterocycles. The van der Waals surface area contributed by atoms with Gasteiger partial charge >= 0.3 is 0 Å². The van der Waals surface area contributed by atoms with Crippen molar-refractivity contribution in [2.24, 2.45) is 5.92 Å². The summed E-state index contributed by atoms with van der Waals surface area (Å²) in [7, 11) is 0. The Morgan fingerprint density at radius 3 is 2.31 bits per heavy atom. The van der Waals surface area contributed by atoms with Crippen molar-refractivity contribution >= 4 is 23.4 Å². The molecule has 2 fully saturated rings. The van der Waals surface area contributed by atoms with Gasteiger partial charge in [-0.2, -0.15) is 0 Å². The van der Waals surface area contributed by atoms with Crippen molar-refractivity contribution in [3.05, 3.63) is 65.2 Å². The molecule has 2 aromatic rings. The number of ether oxygens (including phenoxy) is 1. The summed E-state index contributed by atoms with van der Waals surface area (Å²) in [5.41, 5.74) is 1.01. The summed E-state index contributed by atoms with van der Waals surface area (Å²) in [6.07, 6.45) is 4.74. The molecule has 0 unspecified atom stereocenters. The molecule has 2 atom stereocenters. The first-order valence-corrected chi connectivity index (χ1v) is 12.0. The van der Waals surface area contributed by atoms with Crippen LogP contribution in [0.4, 0.5) is 0 Å². The Bertz CT molecular complexity index is 897. The molecule has 0 bridgehead atoms. The first kappa shape index (κ1) is 22.7. The fourth-order valence-electron chi connectivity index (χ4n) is 4.66. The molecule has 2 aliphatic rings. The predicted octanol–water partition coefficient (Wildman–Crippen LogP) is 4.58. The minimum atomic E-state index is -0.106. The monoisotopic (exact) mass is 454 g/mol. The maximum Gasteiger partial charge on any atom is 0.227 e. The molecular formula is C26H31ClN2O3. The van der Waals surface area contributed by atoms with Crippen LogP contribution >= 0.6 is 11.6 Å². The summed E-state index contributed by atoms with van der Waals surface area (Å²) in [4.78, 5) is 29.9. The number of rotatable bonds is 6. The van der Waals surface area contributed by atoms with Crippen molar-refractivity contribution in [2.45, 2.75) is 44.6 Å². The van der Waals surface area contributed by atoms with E-state index < -0.39 is 0 Å². The van der Waals surface area contributed by atoms with E-state index in [1.54, 1.807) is 0 Å². The summed E-state index contributed by atoms with van der Waals surface area (Å²) >= 11 is 6.01. The SMILES string of the molecule is O=C(C[C@H]1CN(C(=O)Cc2ccccc2)CC[C@@H]1Oc1ccc(Cl)cc1)N1CCCCC1. The molecule has 0 N–H and O–H groups in total. The van der Waals surface area contributed by atoms with E-state index >= 15 is 0 Å². The van der Waals surface area contributed by atoms with E-state index in [-0.39, 0.29) is 23.8 Å². The lowest BCUT2D eigenvalue weighted by Crippen LogP contribution is -2.50. The number of likely N-dealkylation sites (tertiary alicyclic amines) is 2. The molecule has 5 nitrogen and oxygen atoms in total. The van der Waals surface area contributed by atoms with E-state index in [0.29, 0.717) is 37.4 Å². The minimum Gasteiger partial charge on any atom is -0.490 e. The molecule has 2 amide bonds. The quantitative estimate of drug-likeness (QED) is 0.641. The van der Waals surface area contributed by atoms with Gasteiger partial charge in [-0.15, -0.1) is 0 Å². The van der Waals surface area contributed by atoms with Crippen LogP contribution in [0.25, 0.3) is 0 Å². The molecule has 0 spiro atoms. The van der Waals surface area contributed by atoms with E-state index in [2.05, 4.69) is 0 Å². The number of carbonyl (C=O) groups is 2. The summed E-state index contributed by atoms with van der Waals surface area (Å²) in [5.74, 6) is 1.00. The molecule has 0 aliphatic carbocycles. The van der Waals surface area contributed by atoms with Crippen LogP contribution in [0.2, 0.25) is 5.02 Å². The van der Waals surface area contributed by atoms with Gasteiger partial charge in [0.05, 0.1) is 6.42 Å². The summed E-state index contributed by atoms with van der Waals surface area (Å²) in [6, 6.07) is 17.2. The molecule has 0 radical (unpaired) electrons. The predicted molar refractivity (Wildman–Crippen MR) is 126 cm³/mol. The van der Waals surface area contributed by atoms with E-state index in [4.69, 9.17) is 16.3 Å². The van der Waals surface area contributed by atoms with Gasteiger partial charge in [-0.05, 0) is 49.1 Å². The molecule has 32 heavy (non-hydrogen) atoms. The van der Waals surface area contributed by atoms with Crippen molar-refractivity contribution in [3.8, 4) is 5.75 Å². The second-order valence-corrected chi connectivity index (χ2v) is 9.24. The molecule has 4 rings (SSSR count). The number of amides is 2. The molecule has 170 valence electrons. The van der Waals surface area contributed by atoms with E-state index in [1.807, 2.05) is 64.4 Å². The molecule has 2 aromatic carbocycles. The van der Waals surface area contributed by atoms with Crippen molar-refractivity contribution in [3.63, 3.8) is 0 Å². The van der Waals surface area contributed by atoms with Crippen LogP contribution in [0.5, 0.6) is 5.75 Å². The van der Waals surface area contributed by atoms with Gasteiger partial charge in [0, 0.05) is 50.0 Å². The van der Waals surface area contributed by atoms with Crippen LogP contribution in [0.3, 0.4) is 0 Å². The van der Waals surface area contributed by atoms with Gasteiger partial charge in [0.25, 0.3) is 0 Å². The Hall–Kier alpha value is -2.53. The maximum absolute atomic E-state index is 13.0. The lowest BCUT2D eigenvalue weighted by molar-refractivity contribution is -0.139. The van der Waals surface area contributed by atoms with Crippen LogP contribution in [0.15, 0.2) is 54.6 Å². The fraction of sp³-hybridized carbons (Fsp3) is 0.462. The van der Waals surface area contributed by atoms with Crippen molar-refractivity contribution in [2.75, 3.05) is 26.2 Å². The fourth-order valence-corrected chi connectivity index (χ4v) is 4.78. The first-order chi connectivity index (χ1) is 15.6. The average Bonchev–Trinajstić information content (AvgIpc) is 2.82. The van der Waals surface area contributed by atoms with Crippen LogP contribution in [-0.2, 0) is 16.0 Å². The van der Waals surface area contributed by atoms with Gasteiger partial charge in [-0.3, -0.25) is 9.59 Å². The number of hydrogen-bond acceptors (Lipinski definition) is 3. The highest BCUT2D eigenvalue weighted by Crippen LogP contribution is 2.28. The Balaban J connectivity index is 1.44. The van der Waals surface area contributed by atoms with Gasteiger partial charge in [0.2, 0.25) is 11.8 Å². The van der Waals surface area contributed by atoms with E-state index in [9.17, 15) is 9.59 Å². The minimum absolute atomic E-state index is 0.0337. The number of hydrogen-bond donors (Lipinski definition) is 0. The highest BCUT2D eigenvalue weighted by molar-refractivity contribution is 6.30. The average molecular weight is 455 g/mol. The molecule has 6 heteroatoms. The molecule has 2 heterocycles. The third kappa shape index (κ3) is 6.04. The van der Waals surface area contributed by atoms with Gasteiger partial charge in [0.15, 0.2) is 0 Å².